The van der Waals surface area contributed by atoms with Crippen LogP contribution in [-0.4, -0.2) is 16.2 Å². The number of nitrogens with one attached hydrogen (secondary N) is 1. The van der Waals surface area contributed by atoms with Crippen LogP contribution < -0.4 is 5.56 Å². The number of aromatic amines is 1. The average molecular weight is 224 g/mol. The van der Waals surface area contributed by atoms with Crippen LogP contribution in [-0.2, 0) is 0 Å². The molecule has 0 aromatic carbocycles. The molecule has 2 rings (SSSR count). The summed E-state index contributed by atoms with van der Waals surface area (Å²) in [6.07, 6.45) is 1.88. The molecule has 3 nitrogen and oxygen atoms in total. The topological polar surface area (TPSA) is 45.8 Å². The van der Waals surface area contributed by atoms with Gasteiger partial charge in [-0.25, -0.2) is 4.98 Å². The first-order valence-electron chi connectivity index (χ1n) is 3.97. The van der Waals surface area contributed by atoms with Gasteiger partial charge in [0, 0.05) is 17.0 Å². The molecule has 0 amide bonds. The van der Waals surface area contributed by atoms with Crippen molar-refractivity contribution >= 4 is 23.1 Å². The van der Waals surface area contributed by atoms with E-state index in [0.717, 1.165) is 11.3 Å². The first-order valence-corrected chi connectivity index (χ1v) is 6.14. The lowest BCUT2D eigenvalue weighted by atomic mass is 10.2. The Bertz CT molecular complexity index is 476. The molecule has 0 radical (unpaired) electrons. The van der Waals surface area contributed by atoms with Crippen LogP contribution in [0.3, 0.4) is 0 Å². The lowest BCUT2D eigenvalue weighted by Crippen LogP contribution is -2.07. The average Bonchev–Trinajstić information content (AvgIpc) is 2.69. The Kier molecular flexibility index (Phi) is 2.69. The van der Waals surface area contributed by atoms with E-state index >= 15 is 0 Å². The van der Waals surface area contributed by atoms with Crippen molar-refractivity contribution in [3.8, 4) is 11.3 Å². The van der Waals surface area contributed by atoms with E-state index in [9.17, 15) is 4.79 Å². The lowest BCUT2D eigenvalue weighted by Gasteiger charge is -1.98. The maximum atomic E-state index is 11.3. The quantitative estimate of drug-likeness (QED) is 0.628. The first kappa shape index (κ1) is 9.48. The number of aromatic nitrogens is 2. The molecule has 0 atom stereocenters. The molecule has 2 heterocycles. The van der Waals surface area contributed by atoms with E-state index in [-0.39, 0.29) is 5.56 Å². The third-order valence-electron chi connectivity index (χ3n) is 1.73. The molecule has 2 aromatic rings. The largest absolute Gasteiger partial charge is 0.301 e. The van der Waals surface area contributed by atoms with Crippen molar-refractivity contribution in [2.45, 2.75) is 5.16 Å². The maximum absolute atomic E-state index is 11.3. The Hall–Kier alpha value is -1.07. The number of H-pyrrole nitrogens is 1. The molecule has 1 N–H and O–H groups in total. The second-order valence-electron chi connectivity index (χ2n) is 2.65. The molecule has 72 valence electrons. The standard InChI is InChI=1S/C9H8N2OS2/c1-13-9-10-7(4-8(12)11-9)6-2-3-14-5-6/h2-5H,1H3,(H,10,11,12). The SMILES string of the molecule is CSc1nc(-c2ccsc2)cc(=O)[nH]1. The number of hydrogen-bond acceptors (Lipinski definition) is 4. The molecule has 0 saturated carbocycles. The minimum absolute atomic E-state index is 0.106. The van der Waals surface area contributed by atoms with Gasteiger partial charge in [-0.3, -0.25) is 4.79 Å². The van der Waals surface area contributed by atoms with E-state index in [1.54, 1.807) is 11.3 Å². The van der Waals surface area contributed by atoms with E-state index in [2.05, 4.69) is 9.97 Å². The molecular formula is C9H8N2OS2. The Labute approximate surface area is 89.2 Å². The fourth-order valence-corrected chi connectivity index (χ4v) is 2.13. The van der Waals surface area contributed by atoms with Gasteiger partial charge in [0.15, 0.2) is 5.16 Å². The Balaban J connectivity index is 2.54. The van der Waals surface area contributed by atoms with Gasteiger partial charge in [-0.2, -0.15) is 11.3 Å². The zero-order chi connectivity index (χ0) is 9.97. The molecule has 0 saturated heterocycles. The van der Waals surface area contributed by atoms with Gasteiger partial charge in [-0.1, -0.05) is 11.8 Å². The molecular weight excluding hydrogens is 216 g/mol. The Morgan fingerprint density at radius 3 is 3.07 bits per heavy atom. The van der Waals surface area contributed by atoms with Crippen LogP contribution in [0.15, 0.2) is 32.8 Å². The highest BCUT2D eigenvalue weighted by Gasteiger charge is 2.02. The highest BCUT2D eigenvalue weighted by molar-refractivity contribution is 7.98. The zero-order valence-electron chi connectivity index (χ0n) is 7.48. The molecule has 0 aliphatic rings. The summed E-state index contributed by atoms with van der Waals surface area (Å²) in [5.41, 5.74) is 1.63. The minimum Gasteiger partial charge on any atom is -0.301 e. The van der Waals surface area contributed by atoms with Crippen LogP contribution >= 0.6 is 23.1 Å². The van der Waals surface area contributed by atoms with Crippen LogP contribution in [0, 0.1) is 0 Å². The molecule has 0 bridgehead atoms. The van der Waals surface area contributed by atoms with Gasteiger partial charge in [0.25, 0.3) is 5.56 Å². The van der Waals surface area contributed by atoms with E-state index in [4.69, 9.17) is 0 Å². The Morgan fingerprint density at radius 2 is 2.43 bits per heavy atom. The number of thioether (sulfide) groups is 1. The minimum atomic E-state index is -0.106. The van der Waals surface area contributed by atoms with E-state index in [1.165, 1.54) is 17.8 Å². The first-order chi connectivity index (χ1) is 6.79. The zero-order valence-corrected chi connectivity index (χ0v) is 9.11. The van der Waals surface area contributed by atoms with Gasteiger partial charge in [0.05, 0.1) is 5.69 Å². The van der Waals surface area contributed by atoms with Crippen LogP contribution in [0.25, 0.3) is 11.3 Å². The van der Waals surface area contributed by atoms with Crippen molar-refractivity contribution < 1.29 is 0 Å². The predicted molar refractivity (Wildman–Crippen MR) is 60.0 cm³/mol. The molecule has 0 fully saturated rings. The number of rotatable bonds is 2. The molecule has 2 aromatic heterocycles. The molecule has 0 aliphatic carbocycles. The van der Waals surface area contributed by atoms with Crippen LogP contribution in [0.5, 0.6) is 0 Å². The summed E-state index contributed by atoms with van der Waals surface area (Å²) in [7, 11) is 0. The lowest BCUT2D eigenvalue weighted by molar-refractivity contribution is 0.946. The third kappa shape index (κ3) is 1.88. The fraction of sp³-hybridized carbons (Fsp3) is 0.111. The summed E-state index contributed by atoms with van der Waals surface area (Å²) in [4.78, 5) is 18.2. The molecule has 0 aliphatic heterocycles. The summed E-state index contributed by atoms with van der Waals surface area (Å²) in [6, 6.07) is 3.47. The molecule has 0 unspecified atom stereocenters. The van der Waals surface area contributed by atoms with Gasteiger partial charge in [-0.15, -0.1) is 0 Å². The number of thiophene rings is 1. The third-order valence-corrected chi connectivity index (χ3v) is 2.99. The van der Waals surface area contributed by atoms with Gasteiger partial charge in [-0.05, 0) is 17.7 Å². The van der Waals surface area contributed by atoms with Crippen molar-refractivity contribution in [3.63, 3.8) is 0 Å². The van der Waals surface area contributed by atoms with Crippen LogP contribution in [0.4, 0.5) is 0 Å². The predicted octanol–water partition coefficient (Wildman–Crippen LogP) is 2.22. The van der Waals surface area contributed by atoms with Crippen molar-refractivity contribution in [2.24, 2.45) is 0 Å². The van der Waals surface area contributed by atoms with Crippen molar-refractivity contribution in [1.82, 2.24) is 9.97 Å². The summed E-state index contributed by atoms with van der Waals surface area (Å²) in [5.74, 6) is 0. The second kappa shape index (κ2) is 3.98. The normalized spacial score (nSPS) is 10.4. The highest BCUT2D eigenvalue weighted by Crippen LogP contribution is 2.19. The van der Waals surface area contributed by atoms with Gasteiger partial charge in [0.1, 0.15) is 0 Å². The smallest absolute Gasteiger partial charge is 0.252 e. The van der Waals surface area contributed by atoms with Gasteiger partial charge >= 0.3 is 0 Å². The van der Waals surface area contributed by atoms with Crippen LogP contribution in [0.2, 0.25) is 0 Å². The molecule has 14 heavy (non-hydrogen) atoms. The monoisotopic (exact) mass is 224 g/mol. The van der Waals surface area contributed by atoms with Crippen molar-refractivity contribution in [2.75, 3.05) is 6.26 Å². The summed E-state index contributed by atoms with van der Waals surface area (Å²) in [6.45, 7) is 0. The maximum Gasteiger partial charge on any atom is 0.252 e. The van der Waals surface area contributed by atoms with Gasteiger partial charge in [0.2, 0.25) is 0 Å². The number of nitrogens with zero attached hydrogens (tertiary/aromatic N) is 1. The summed E-state index contributed by atoms with van der Waals surface area (Å²) >= 11 is 3.03. The van der Waals surface area contributed by atoms with Crippen molar-refractivity contribution in [1.29, 1.82) is 0 Å². The van der Waals surface area contributed by atoms with E-state index in [0.29, 0.717) is 5.16 Å². The van der Waals surface area contributed by atoms with E-state index in [1.807, 2.05) is 23.1 Å². The second-order valence-corrected chi connectivity index (χ2v) is 4.23. The van der Waals surface area contributed by atoms with Crippen molar-refractivity contribution in [3.05, 3.63) is 33.2 Å². The molecule has 5 heteroatoms. The highest BCUT2D eigenvalue weighted by atomic mass is 32.2. The van der Waals surface area contributed by atoms with Gasteiger partial charge < -0.3 is 4.98 Å². The number of hydrogen-bond donors (Lipinski definition) is 1. The Morgan fingerprint density at radius 1 is 1.57 bits per heavy atom. The summed E-state index contributed by atoms with van der Waals surface area (Å²) < 4.78 is 0. The van der Waals surface area contributed by atoms with Crippen LogP contribution in [0.1, 0.15) is 0 Å². The fourth-order valence-electron chi connectivity index (χ4n) is 1.09. The van der Waals surface area contributed by atoms with E-state index < -0.39 is 0 Å². The molecule has 0 spiro atoms. The summed E-state index contributed by atoms with van der Waals surface area (Å²) in [5, 5.41) is 4.60.